The van der Waals surface area contributed by atoms with Crippen molar-refractivity contribution >= 4 is 5.71 Å². The molecule has 0 aliphatic heterocycles. The van der Waals surface area contributed by atoms with Gasteiger partial charge in [-0.15, -0.1) is 0 Å². The van der Waals surface area contributed by atoms with Gasteiger partial charge in [0.25, 0.3) is 0 Å². The highest BCUT2D eigenvalue weighted by Crippen LogP contribution is 2.22. The second-order valence-electron chi connectivity index (χ2n) is 4.91. The van der Waals surface area contributed by atoms with Crippen molar-refractivity contribution in [2.45, 2.75) is 60.8 Å². The Labute approximate surface area is 101 Å². The first-order valence-corrected chi connectivity index (χ1v) is 6.28. The summed E-state index contributed by atoms with van der Waals surface area (Å²) >= 11 is 0. The summed E-state index contributed by atoms with van der Waals surface area (Å²) in [5, 5.41) is 0. The lowest BCUT2D eigenvalue weighted by Crippen LogP contribution is -2.03. The van der Waals surface area contributed by atoms with Crippen molar-refractivity contribution in [3.8, 4) is 0 Å². The van der Waals surface area contributed by atoms with Gasteiger partial charge in [-0.1, -0.05) is 38.8 Å². The Morgan fingerprint density at radius 2 is 1.75 bits per heavy atom. The van der Waals surface area contributed by atoms with Crippen LogP contribution in [0.1, 0.15) is 60.8 Å². The fraction of sp³-hybridized carbons (Fsp3) is 0.667. The molecule has 0 bridgehead atoms. The van der Waals surface area contributed by atoms with Crippen LogP contribution in [0.3, 0.4) is 0 Å². The van der Waals surface area contributed by atoms with Crippen LogP contribution in [0.4, 0.5) is 0 Å². The van der Waals surface area contributed by atoms with E-state index in [0.29, 0.717) is 5.92 Å². The normalized spacial score (nSPS) is 13.5. The maximum atomic E-state index is 4.73. The van der Waals surface area contributed by atoms with E-state index in [4.69, 9.17) is 4.99 Å². The summed E-state index contributed by atoms with van der Waals surface area (Å²) in [6.07, 6.45) is 3.76. The SMILES string of the molecule is C=C(C)C(C)=NC(=C(C)C)C(C)CCCC. The molecular weight excluding hydrogens is 194 g/mol. The minimum absolute atomic E-state index is 0.555. The molecule has 1 unspecified atom stereocenters. The van der Waals surface area contributed by atoms with Crippen LogP contribution < -0.4 is 0 Å². The summed E-state index contributed by atoms with van der Waals surface area (Å²) in [5.74, 6) is 0.555. The van der Waals surface area contributed by atoms with Gasteiger partial charge in [0.1, 0.15) is 0 Å². The Hall–Kier alpha value is -0.850. The van der Waals surface area contributed by atoms with E-state index in [2.05, 4.69) is 34.3 Å². The van der Waals surface area contributed by atoms with Crippen LogP contribution in [0, 0.1) is 5.92 Å². The molecule has 0 N–H and O–H groups in total. The third kappa shape index (κ3) is 5.29. The van der Waals surface area contributed by atoms with E-state index in [9.17, 15) is 0 Å². The molecule has 1 atom stereocenters. The smallest absolute Gasteiger partial charge is 0.0421 e. The molecule has 0 rings (SSSR count). The Kier molecular flexibility index (Phi) is 7.03. The third-order valence-electron chi connectivity index (χ3n) is 2.88. The van der Waals surface area contributed by atoms with Crippen LogP contribution in [-0.2, 0) is 0 Å². The van der Waals surface area contributed by atoms with Crippen LogP contribution in [0.15, 0.2) is 28.4 Å². The molecule has 0 saturated carbocycles. The van der Waals surface area contributed by atoms with Crippen molar-refractivity contribution in [2.75, 3.05) is 0 Å². The van der Waals surface area contributed by atoms with Gasteiger partial charge < -0.3 is 0 Å². The van der Waals surface area contributed by atoms with Gasteiger partial charge in [0.2, 0.25) is 0 Å². The van der Waals surface area contributed by atoms with Crippen molar-refractivity contribution in [1.29, 1.82) is 0 Å². The summed E-state index contributed by atoms with van der Waals surface area (Å²) in [4.78, 5) is 4.73. The van der Waals surface area contributed by atoms with Gasteiger partial charge >= 0.3 is 0 Å². The Bertz CT molecular complexity index is 291. The topological polar surface area (TPSA) is 12.4 Å². The molecule has 1 nitrogen and oxygen atoms in total. The number of unbranched alkanes of at least 4 members (excludes halogenated alkanes) is 1. The number of hydrogen-bond acceptors (Lipinski definition) is 1. The minimum atomic E-state index is 0.555. The number of aliphatic imine (C=N–C) groups is 1. The van der Waals surface area contributed by atoms with E-state index in [-0.39, 0.29) is 0 Å². The molecule has 0 saturated heterocycles. The summed E-state index contributed by atoms with van der Waals surface area (Å²) in [6, 6.07) is 0. The fourth-order valence-corrected chi connectivity index (χ4v) is 1.64. The summed E-state index contributed by atoms with van der Waals surface area (Å²) < 4.78 is 0. The zero-order valence-corrected chi connectivity index (χ0v) is 11.9. The summed E-state index contributed by atoms with van der Waals surface area (Å²) in [6.45, 7) is 16.8. The quantitative estimate of drug-likeness (QED) is 0.550. The average molecular weight is 221 g/mol. The number of hydrogen-bond donors (Lipinski definition) is 0. The van der Waals surface area contributed by atoms with Crippen LogP contribution in [0.25, 0.3) is 0 Å². The molecule has 0 spiro atoms. The van der Waals surface area contributed by atoms with Gasteiger partial charge in [0.15, 0.2) is 0 Å². The Morgan fingerprint density at radius 3 is 2.12 bits per heavy atom. The van der Waals surface area contributed by atoms with Crippen LogP contribution in [0.5, 0.6) is 0 Å². The predicted molar refractivity (Wildman–Crippen MR) is 75.0 cm³/mol. The lowest BCUT2D eigenvalue weighted by atomic mass is 9.97. The average Bonchev–Trinajstić information content (AvgIpc) is 2.21. The molecule has 0 aromatic carbocycles. The molecule has 1 heteroatoms. The second-order valence-corrected chi connectivity index (χ2v) is 4.91. The van der Waals surface area contributed by atoms with Gasteiger partial charge in [-0.3, -0.25) is 4.99 Å². The molecule has 0 amide bonds. The fourth-order valence-electron chi connectivity index (χ4n) is 1.64. The van der Waals surface area contributed by atoms with Crippen molar-refractivity contribution in [3.05, 3.63) is 23.4 Å². The number of rotatable bonds is 6. The van der Waals surface area contributed by atoms with E-state index in [1.165, 1.54) is 30.5 Å². The molecular formula is C15H27N. The molecule has 16 heavy (non-hydrogen) atoms. The van der Waals surface area contributed by atoms with E-state index in [1.807, 2.05) is 13.8 Å². The number of allylic oxidation sites excluding steroid dienone is 3. The molecule has 0 aromatic heterocycles. The Morgan fingerprint density at radius 1 is 1.19 bits per heavy atom. The predicted octanol–water partition coefficient (Wildman–Crippen LogP) is 5.14. The number of nitrogens with zero attached hydrogens (tertiary/aromatic N) is 1. The minimum Gasteiger partial charge on any atom is -0.258 e. The monoisotopic (exact) mass is 221 g/mol. The highest BCUT2D eigenvalue weighted by molar-refractivity contribution is 5.97. The van der Waals surface area contributed by atoms with Gasteiger partial charge in [0, 0.05) is 11.4 Å². The Balaban J connectivity index is 4.85. The summed E-state index contributed by atoms with van der Waals surface area (Å²) in [5.41, 5.74) is 4.68. The maximum Gasteiger partial charge on any atom is 0.0421 e. The first-order valence-electron chi connectivity index (χ1n) is 6.28. The largest absolute Gasteiger partial charge is 0.258 e. The lowest BCUT2D eigenvalue weighted by Gasteiger charge is -2.15. The van der Waals surface area contributed by atoms with Crippen LogP contribution in [-0.4, -0.2) is 5.71 Å². The van der Waals surface area contributed by atoms with Gasteiger partial charge in [-0.25, -0.2) is 0 Å². The highest BCUT2D eigenvalue weighted by Gasteiger charge is 2.09. The van der Waals surface area contributed by atoms with Gasteiger partial charge in [-0.2, -0.15) is 0 Å². The third-order valence-corrected chi connectivity index (χ3v) is 2.88. The first kappa shape index (κ1) is 15.2. The summed E-state index contributed by atoms with van der Waals surface area (Å²) in [7, 11) is 0. The zero-order valence-electron chi connectivity index (χ0n) is 11.9. The molecule has 92 valence electrons. The van der Waals surface area contributed by atoms with E-state index in [1.54, 1.807) is 0 Å². The van der Waals surface area contributed by atoms with Crippen molar-refractivity contribution in [2.24, 2.45) is 10.9 Å². The highest BCUT2D eigenvalue weighted by atomic mass is 14.8. The molecule has 0 aromatic rings. The first-order chi connectivity index (χ1) is 7.40. The molecule has 0 heterocycles. The lowest BCUT2D eigenvalue weighted by molar-refractivity contribution is 0.563. The van der Waals surface area contributed by atoms with Gasteiger partial charge in [0.05, 0.1) is 0 Å². The molecule has 0 fully saturated rings. The molecule has 0 aliphatic rings. The van der Waals surface area contributed by atoms with Crippen molar-refractivity contribution < 1.29 is 0 Å². The van der Waals surface area contributed by atoms with Crippen LogP contribution >= 0.6 is 0 Å². The van der Waals surface area contributed by atoms with Crippen LogP contribution in [0.2, 0.25) is 0 Å². The molecule has 0 radical (unpaired) electrons. The van der Waals surface area contributed by atoms with E-state index in [0.717, 1.165) is 11.3 Å². The maximum absolute atomic E-state index is 4.73. The standard InChI is InChI=1S/C15H27N/c1-8-9-10-13(6)15(12(4)5)16-14(7)11(2)3/h13H,2,8-10H2,1,3-7H3. The van der Waals surface area contributed by atoms with Crippen molar-refractivity contribution in [3.63, 3.8) is 0 Å². The van der Waals surface area contributed by atoms with Crippen molar-refractivity contribution in [1.82, 2.24) is 0 Å². The molecule has 0 aliphatic carbocycles. The zero-order chi connectivity index (χ0) is 12.7. The van der Waals surface area contributed by atoms with Gasteiger partial charge in [-0.05, 0) is 45.6 Å². The van der Waals surface area contributed by atoms with E-state index >= 15 is 0 Å². The second kappa shape index (κ2) is 7.43. The van der Waals surface area contributed by atoms with E-state index < -0.39 is 0 Å².